The molecule has 2 aromatic rings. The van der Waals surface area contributed by atoms with Crippen molar-refractivity contribution in [3.8, 4) is 11.5 Å². The summed E-state index contributed by atoms with van der Waals surface area (Å²) >= 11 is 0. The zero-order chi connectivity index (χ0) is 16.0. The molecular weight excluding hydrogens is 280 g/mol. The van der Waals surface area contributed by atoms with Gasteiger partial charge in [-0.05, 0) is 23.3 Å². The molecule has 22 heavy (non-hydrogen) atoms. The summed E-state index contributed by atoms with van der Waals surface area (Å²) in [6, 6.07) is 9.44. The molecule has 3 rings (SSSR count). The number of phenols is 2. The lowest BCUT2D eigenvalue weighted by atomic mass is 9.73. The molecule has 0 radical (unpaired) electrons. The van der Waals surface area contributed by atoms with Gasteiger partial charge in [0.1, 0.15) is 17.3 Å². The molecule has 0 amide bonds. The van der Waals surface area contributed by atoms with Crippen molar-refractivity contribution >= 4 is 11.6 Å². The van der Waals surface area contributed by atoms with Gasteiger partial charge >= 0.3 is 0 Å². The van der Waals surface area contributed by atoms with Crippen molar-refractivity contribution in [2.45, 2.75) is 19.8 Å². The second-order valence-corrected chi connectivity index (χ2v) is 5.80. The Morgan fingerprint density at radius 1 is 0.955 bits per heavy atom. The van der Waals surface area contributed by atoms with Gasteiger partial charge in [-0.25, -0.2) is 0 Å². The molecule has 2 N–H and O–H groups in total. The van der Waals surface area contributed by atoms with E-state index < -0.39 is 11.7 Å². The van der Waals surface area contributed by atoms with Gasteiger partial charge in [0.15, 0.2) is 0 Å². The van der Waals surface area contributed by atoms with Crippen LogP contribution in [0.1, 0.15) is 46.8 Å². The zero-order valence-corrected chi connectivity index (χ0v) is 12.3. The number of hydrogen-bond acceptors (Lipinski definition) is 4. The van der Waals surface area contributed by atoms with E-state index in [2.05, 4.69) is 0 Å². The van der Waals surface area contributed by atoms with Crippen molar-refractivity contribution in [2.75, 3.05) is 0 Å². The van der Waals surface area contributed by atoms with Crippen LogP contribution >= 0.6 is 0 Å². The number of carbonyl (C=O) groups excluding carboxylic acids is 2. The van der Waals surface area contributed by atoms with Crippen LogP contribution in [0.3, 0.4) is 0 Å². The SMILES string of the molecule is CC(C)C(=O)C1c2cccc(O)c2C(=O)c2c(O)cccc21. The summed E-state index contributed by atoms with van der Waals surface area (Å²) < 4.78 is 0. The van der Waals surface area contributed by atoms with Gasteiger partial charge in [-0.1, -0.05) is 38.1 Å². The molecular formula is C18H16O4. The van der Waals surface area contributed by atoms with Crippen molar-refractivity contribution < 1.29 is 19.8 Å². The number of Topliss-reactive ketones (excluding diaryl/α,β-unsaturated/α-hetero) is 1. The van der Waals surface area contributed by atoms with Gasteiger partial charge in [0.05, 0.1) is 17.0 Å². The minimum Gasteiger partial charge on any atom is -0.507 e. The standard InChI is InChI=1S/C18H16O4/c1-9(2)17(21)14-10-5-3-7-12(19)15(10)18(22)16-11(14)6-4-8-13(16)20/h3-9,14,19-20H,1-2H3. The quantitative estimate of drug-likeness (QED) is 0.893. The molecule has 2 aromatic carbocycles. The number of benzene rings is 2. The van der Waals surface area contributed by atoms with E-state index in [9.17, 15) is 19.8 Å². The van der Waals surface area contributed by atoms with Gasteiger partial charge in [0.25, 0.3) is 0 Å². The van der Waals surface area contributed by atoms with Crippen molar-refractivity contribution in [1.82, 2.24) is 0 Å². The second-order valence-electron chi connectivity index (χ2n) is 5.80. The average molecular weight is 296 g/mol. The molecule has 0 saturated heterocycles. The van der Waals surface area contributed by atoms with E-state index in [1.165, 1.54) is 12.1 Å². The minimum absolute atomic E-state index is 0.0498. The van der Waals surface area contributed by atoms with E-state index in [1.807, 2.05) is 0 Å². The average Bonchev–Trinajstić information content (AvgIpc) is 2.46. The van der Waals surface area contributed by atoms with Crippen LogP contribution in [-0.2, 0) is 4.79 Å². The summed E-state index contributed by atoms with van der Waals surface area (Å²) in [7, 11) is 0. The Kier molecular flexibility index (Phi) is 3.24. The maximum absolute atomic E-state index is 12.7. The molecule has 0 fully saturated rings. The Morgan fingerprint density at radius 3 is 1.82 bits per heavy atom. The maximum atomic E-state index is 12.7. The molecule has 112 valence electrons. The lowest BCUT2D eigenvalue weighted by Gasteiger charge is -2.28. The Hall–Kier alpha value is -2.62. The summed E-state index contributed by atoms with van der Waals surface area (Å²) in [6.07, 6.45) is 0. The molecule has 0 aromatic heterocycles. The van der Waals surface area contributed by atoms with Gasteiger partial charge in [0, 0.05) is 5.92 Å². The number of rotatable bonds is 2. The third-order valence-electron chi connectivity index (χ3n) is 4.08. The molecule has 0 saturated carbocycles. The highest BCUT2D eigenvalue weighted by Gasteiger charge is 2.38. The smallest absolute Gasteiger partial charge is 0.201 e. The highest BCUT2D eigenvalue weighted by Crippen LogP contribution is 2.43. The van der Waals surface area contributed by atoms with Gasteiger partial charge in [-0.2, -0.15) is 0 Å². The first-order valence-electron chi connectivity index (χ1n) is 7.15. The van der Waals surface area contributed by atoms with Gasteiger partial charge in [-0.3, -0.25) is 9.59 Å². The monoisotopic (exact) mass is 296 g/mol. The van der Waals surface area contributed by atoms with Gasteiger partial charge in [-0.15, -0.1) is 0 Å². The molecule has 1 aliphatic carbocycles. The predicted octanol–water partition coefficient (Wildman–Crippen LogP) is 3.00. The molecule has 4 nitrogen and oxygen atoms in total. The van der Waals surface area contributed by atoms with Crippen molar-refractivity contribution in [3.63, 3.8) is 0 Å². The molecule has 0 spiro atoms. The van der Waals surface area contributed by atoms with E-state index in [1.54, 1.807) is 38.1 Å². The third-order valence-corrected chi connectivity index (χ3v) is 4.08. The number of aromatic hydroxyl groups is 2. The maximum Gasteiger partial charge on any atom is 0.201 e. The number of ketones is 2. The van der Waals surface area contributed by atoms with E-state index >= 15 is 0 Å². The molecule has 4 heteroatoms. The van der Waals surface area contributed by atoms with Crippen LogP contribution < -0.4 is 0 Å². The van der Waals surface area contributed by atoms with Crippen LogP contribution in [0.4, 0.5) is 0 Å². The van der Waals surface area contributed by atoms with E-state index in [0.717, 1.165) is 0 Å². The third kappa shape index (κ3) is 1.91. The van der Waals surface area contributed by atoms with Crippen molar-refractivity contribution in [2.24, 2.45) is 5.92 Å². The lowest BCUT2D eigenvalue weighted by Crippen LogP contribution is -2.27. The topological polar surface area (TPSA) is 74.6 Å². The fourth-order valence-corrected chi connectivity index (χ4v) is 3.02. The molecule has 1 aliphatic rings. The minimum atomic E-state index is -0.651. The summed E-state index contributed by atoms with van der Waals surface area (Å²) in [4.78, 5) is 25.3. The Morgan fingerprint density at radius 2 is 1.41 bits per heavy atom. The van der Waals surface area contributed by atoms with E-state index in [4.69, 9.17) is 0 Å². The number of phenolic OH excluding ortho intramolecular Hbond substituents is 2. The van der Waals surface area contributed by atoms with E-state index in [-0.39, 0.29) is 34.3 Å². The lowest BCUT2D eigenvalue weighted by molar-refractivity contribution is -0.122. The van der Waals surface area contributed by atoms with Gasteiger partial charge in [0.2, 0.25) is 5.78 Å². The number of hydrogen-bond donors (Lipinski definition) is 2. The number of fused-ring (bicyclic) bond motifs is 2. The Bertz CT molecular complexity index is 734. The Balaban J connectivity index is 2.36. The van der Waals surface area contributed by atoms with Crippen LogP contribution in [0, 0.1) is 5.92 Å². The van der Waals surface area contributed by atoms with Crippen LogP contribution in [0.5, 0.6) is 11.5 Å². The van der Waals surface area contributed by atoms with E-state index in [0.29, 0.717) is 11.1 Å². The first-order chi connectivity index (χ1) is 10.4. The highest BCUT2D eigenvalue weighted by atomic mass is 16.3. The zero-order valence-electron chi connectivity index (χ0n) is 12.3. The van der Waals surface area contributed by atoms with Gasteiger partial charge < -0.3 is 10.2 Å². The van der Waals surface area contributed by atoms with Crippen LogP contribution in [0.2, 0.25) is 0 Å². The fourth-order valence-electron chi connectivity index (χ4n) is 3.02. The normalized spacial score (nSPS) is 13.9. The van der Waals surface area contributed by atoms with Crippen LogP contribution in [0.15, 0.2) is 36.4 Å². The second kappa shape index (κ2) is 4.98. The first-order valence-corrected chi connectivity index (χ1v) is 7.15. The summed E-state index contributed by atoms with van der Waals surface area (Å²) in [5.41, 5.74) is 1.22. The molecule has 0 unspecified atom stereocenters. The Labute approximate surface area is 128 Å². The summed E-state index contributed by atoms with van der Waals surface area (Å²) in [5.74, 6) is -1.72. The molecule has 0 bridgehead atoms. The molecule has 0 heterocycles. The van der Waals surface area contributed by atoms with Crippen LogP contribution in [-0.4, -0.2) is 21.8 Å². The highest BCUT2D eigenvalue weighted by molar-refractivity contribution is 6.18. The van der Waals surface area contributed by atoms with Crippen molar-refractivity contribution in [3.05, 3.63) is 58.7 Å². The fraction of sp³-hybridized carbons (Fsp3) is 0.222. The molecule has 0 atom stereocenters. The summed E-state index contributed by atoms with van der Waals surface area (Å²) in [5, 5.41) is 20.1. The number of carbonyl (C=O) groups is 2. The summed E-state index contributed by atoms with van der Waals surface area (Å²) in [6.45, 7) is 3.59. The first kappa shape index (κ1) is 14.3. The van der Waals surface area contributed by atoms with Crippen LogP contribution in [0.25, 0.3) is 0 Å². The van der Waals surface area contributed by atoms with Crippen molar-refractivity contribution in [1.29, 1.82) is 0 Å². The molecule has 0 aliphatic heterocycles. The largest absolute Gasteiger partial charge is 0.507 e. The predicted molar refractivity (Wildman–Crippen MR) is 81.3 cm³/mol.